The maximum Gasteiger partial charge on any atom is 0.268 e. The Labute approximate surface area is 167 Å². The summed E-state index contributed by atoms with van der Waals surface area (Å²) in [5.74, 6) is 0.222. The van der Waals surface area contributed by atoms with Gasteiger partial charge in [-0.3, -0.25) is 14.9 Å². The molecule has 2 amide bonds. The van der Waals surface area contributed by atoms with Gasteiger partial charge in [-0.05, 0) is 37.6 Å². The summed E-state index contributed by atoms with van der Waals surface area (Å²) in [6.45, 7) is 5.91. The summed E-state index contributed by atoms with van der Waals surface area (Å²) in [4.78, 5) is 29.8. The zero-order chi connectivity index (χ0) is 19.9. The number of thiophene rings is 1. The van der Waals surface area contributed by atoms with Crippen LogP contribution in [-0.2, 0) is 22.6 Å². The number of benzene rings is 1. The van der Waals surface area contributed by atoms with Crippen molar-refractivity contribution in [2.75, 3.05) is 18.5 Å². The summed E-state index contributed by atoms with van der Waals surface area (Å²) in [6, 6.07) is 11.4. The highest BCUT2D eigenvalue weighted by atomic mass is 32.1. The highest BCUT2D eigenvalue weighted by Gasteiger charge is 2.15. The van der Waals surface area contributed by atoms with Crippen LogP contribution in [0.5, 0.6) is 0 Å². The molecule has 0 unspecified atom stereocenters. The number of nitrogens with one attached hydrogen (secondary N) is 2. The number of rotatable bonds is 9. The van der Waals surface area contributed by atoms with Crippen molar-refractivity contribution < 1.29 is 14.3 Å². The van der Waals surface area contributed by atoms with Crippen LogP contribution in [0.15, 0.2) is 36.4 Å². The van der Waals surface area contributed by atoms with Gasteiger partial charge in [0.2, 0.25) is 11.9 Å². The van der Waals surface area contributed by atoms with Crippen LogP contribution in [0.3, 0.4) is 0 Å². The largest absolute Gasteiger partial charge is 0.382 e. The van der Waals surface area contributed by atoms with E-state index in [1.54, 1.807) is 6.07 Å². The molecule has 3 rings (SSSR count). The number of fused-ring (bicyclic) bond motifs is 1. The summed E-state index contributed by atoms with van der Waals surface area (Å²) in [7, 11) is 0. The second-order valence-corrected chi connectivity index (χ2v) is 7.42. The molecule has 0 spiro atoms. The van der Waals surface area contributed by atoms with Crippen molar-refractivity contribution in [2.45, 2.75) is 33.4 Å². The smallest absolute Gasteiger partial charge is 0.268 e. The van der Waals surface area contributed by atoms with Gasteiger partial charge < -0.3 is 14.6 Å². The number of hydrogen-bond donors (Lipinski definition) is 2. The molecular formula is C20H24N4O3S. The lowest BCUT2D eigenvalue weighted by Crippen LogP contribution is -2.18. The fraction of sp³-hybridized carbons (Fsp3) is 0.350. The zero-order valence-electron chi connectivity index (χ0n) is 16.0. The van der Waals surface area contributed by atoms with Crippen molar-refractivity contribution in [1.29, 1.82) is 0 Å². The lowest BCUT2D eigenvalue weighted by Gasteiger charge is -2.09. The van der Waals surface area contributed by atoms with Crippen LogP contribution in [-0.4, -0.2) is 34.6 Å². The molecule has 0 fully saturated rings. The van der Waals surface area contributed by atoms with Crippen molar-refractivity contribution in [1.82, 2.24) is 14.9 Å². The molecule has 148 valence electrons. The van der Waals surface area contributed by atoms with Gasteiger partial charge in [-0.2, -0.15) is 0 Å². The van der Waals surface area contributed by atoms with E-state index in [9.17, 15) is 9.59 Å². The lowest BCUT2D eigenvalue weighted by molar-refractivity contribution is -0.119. The summed E-state index contributed by atoms with van der Waals surface area (Å²) in [5.41, 5.74) is 1.82. The Morgan fingerprint density at radius 3 is 2.82 bits per heavy atom. The lowest BCUT2D eigenvalue weighted by atomic mass is 10.3. The van der Waals surface area contributed by atoms with E-state index in [2.05, 4.69) is 15.6 Å². The topological polar surface area (TPSA) is 85.2 Å². The van der Waals surface area contributed by atoms with E-state index in [-0.39, 0.29) is 11.8 Å². The molecule has 0 aliphatic heterocycles. The minimum absolute atomic E-state index is 0.0971. The summed E-state index contributed by atoms with van der Waals surface area (Å²) in [5, 5.41) is 5.67. The minimum Gasteiger partial charge on any atom is -0.382 e. The average molecular weight is 401 g/mol. The number of imidazole rings is 1. The molecule has 2 heterocycles. The van der Waals surface area contributed by atoms with E-state index in [1.165, 1.54) is 18.3 Å². The molecule has 2 N–H and O–H groups in total. The standard InChI is InChI=1S/C20H24N4O3S/c1-3-27-12-6-11-24-17-8-5-4-7-16(17)22-20(24)23-19(26)18-10-9-15(28-18)13-21-14(2)25/h4-5,7-10H,3,6,11-13H2,1-2H3,(H,21,25)(H,22,23,26). The van der Waals surface area contributed by atoms with Gasteiger partial charge in [-0.15, -0.1) is 11.3 Å². The Morgan fingerprint density at radius 2 is 2.04 bits per heavy atom. The molecule has 0 radical (unpaired) electrons. The molecule has 1 aromatic carbocycles. The van der Waals surface area contributed by atoms with Gasteiger partial charge >= 0.3 is 0 Å². The fourth-order valence-corrected chi connectivity index (χ4v) is 3.68. The first-order valence-electron chi connectivity index (χ1n) is 9.26. The predicted octanol–water partition coefficient (Wildman–Crippen LogP) is 3.41. The van der Waals surface area contributed by atoms with Crippen LogP contribution < -0.4 is 10.6 Å². The first kappa shape index (κ1) is 20.0. The van der Waals surface area contributed by atoms with E-state index in [0.717, 1.165) is 22.3 Å². The number of aryl methyl sites for hydroxylation is 1. The third-order valence-electron chi connectivity index (χ3n) is 4.15. The van der Waals surface area contributed by atoms with E-state index < -0.39 is 0 Å². The number of carbonyl (C=O) groups excluding carboxylic acids is 2. The van der Waals surface area contributed by atoms with E-state index in [0.29, 0.717) is 37.1 Å². The van der Waals surface area contributed by atoms with Crippen molar-refractivity contribution in [3.63, 3.8) is 0 Å². The Hall–Kier alpha value is -2.71. The van der Waals surface area contributed by atoms with Gasteiger partial charge in [-0.25, -0.2) is 4.98 Å². The number of anilines is 1. The average Bonchev–Trinajstić information content (AvgIpc) is 3.28. The second kappa shape index (κ2) is 9.48. The SMILES string of the molecule is CCOCCCn1c(NC(=O)c2ccc(CNC(C)=O)s2)nc2ccccc21. The molecule has 0 bridgehead atoms. The molecule has 0 aliphatic rings. The highest BCUT2D eigenvalue weighted by Crippen LogP contribution is 2.22. The first-order chi connectivity index (χ1) is 13.6. The highest BCUT2D eigenvalue weighted by molar-refractivity contribution is 7.14. The van der Waals surface area contributed by atoms with Crippen LogP contribution in [0.25, 0.3) is 11.0 Å². The normalized spacial score (nSPS) is 10.9. The van der Waals surface area contributed by atoms with Crippen molar-refractivity contribution in [3.05, 3.63) is 46.2 Å². The maximum atomic E-state index is 12.7. The molecule has 0 aliphatic carbocycles. The van der Waals surface area contributed by atoms with Crippen molar-refractivity contribution in [3.8, 4) is 0 Å². The molecule has 3 aromatic rings. The summed E-state index contributed by atoms with van der Waals surface area (Å²) < 4.78 is 7.44. The molecule has 7 nitrogen and oxygen atoms in total. The van der Waals surface area contributed by atoms with Crippen LogP contribution in [0.4, 0.5) is 5.95 Å². The molecular weight excluding hydrogens is 376 g/mol. The molecule has 0 atom stereocenters. The summed E-state index contributed by atoms with van der Waals surface area (Å²) >= 11 is 1.36. The van der Waals surface area contributed by atoms with Crippen molar-refractivity contribution in [2.24, 2.45) is 0 Å². The Morgan fingerprint density at radius 1 is 1.21 bits per heavy atom. The van der Waals surface area contributed by atoms with Gasteiger partial charge in [0.15, 0.2) is 0 Å². The number of amides is 2. The number of nitrogens with zero attached hydrogens (tertiary/aromatic N) is 2. The monoisotopic (exact) mass is 400 g/mol. The number of carbonyl (C=O) groups is 2. The number of hydrogen-bond acceptors (Lipinski definition) is 5. The quantitative estimate of drug-likeness (QED) is 0.539. The second-order valence-electron chi connectivity index (χ2n) is 6.26. The zero-order valence-corrected chi connectivity index (χ0v) is 16.8. The third kappa shape index (κ3) is 4.96. The van der Waals surface area contributed by atoms with Crippen LogP contribution in [0, 0.1) is 0 Å². The van der Waals surface area contributed by atoms with Gasteiger partial charge in [0, 0.05) is 31.6 Å². The molecule has 0 saturated carbocycles. The van der Waals surface area contributed by atoms with E-state index in [4.69, 9.17) is 4.74 Å². The van der Waals surface area contributed by atoms with Crippen LogP contribution in [0.2, 0.25) is 0 Å². The van der Waals surface area contributed by atoms with Crippen LogP contribution >= 0.6 is 11.3 Å². The van der Waals surface area contributed by atoms with Gasteiger partial charge in [0.05, 0.1) is 22.5 Å². The van der Waals surface area contributed by atoms with Gasteiger partial charge in [0.1, 0.15) is 0 Å². The van der Waals surface area contributed by atoms with Gasteiger partial charge in [0.25, 0.3) is 5.91 Å². The van der Waals surface area contributed by atoms with E-state index in [1.807, 2.05) is 41.8 Å². The number of ether oxygens (including phenoxy) is 1. The number of para-hydroxylation sites is 2. The predicted molar refractivity (Wildman–Crippen MR) is 111 cm³/mol. The Kier molecular flexibility index (Phi) is 6.78. The molecule has 2 aromatic heterocycles. The fourth-order valence-electron chi connectivity index (χ4n) is 2.84. The van der Waals surface area contributed by atoms with Crippen molar-refractivity contribution >= 4 is 40.1 Å². The maximum absolute atomic E-state index is 12.7. The molecule has 8 heteroatoms. The van der Waals surface area contributed by atoms with Crippen LogP contribution in [0.1, 0.15) is 34.8 Å². The van der Waals surface area contributed by atoms with Gasteiger partial charge in [-0.1, -0.05) is 12.1 Å². The molecule has 28 heavy (non-hydrogen) atoms. The Balaban J connectivity index is 1.75. The number of aromatic nitrogens is 2. The summed E-state index contributed by atoms with van der Waals surface area (Å²) in [6.07, 6.45) is 0.830. The third-order valence-corrected chi connectivity index (χ3v) is 5.24. The van der Waals surface area contributed by atoms with E-state index >= 15 is 0 Å². The molecule has 0 saturated heterocycles. The Bertz CT molecular complexity index is 963. The first-order valence-corrected chi connectivity index (χ1v) is 10.1. The minimum atomic E-state index is -0.208.